The van der Waals surface area contributed by atoms with Crippen LogP contribution < -0.4 is 10.6 Å². The summed E-state index contributed by atoms with van der Waals surface area (Å²) >= 11 is 0. The number of guanidine groups is 1. The van der Waals surface area contributed by atoms with Crippen LogP contribution in [0.15, 0.2) is 29.3 Å². The van der Waals surface area contributed by atoms with Crippen molar-refractivity contribution in [3.63, 3.8) is 0 Å². The number of halogens is 1. The largest absolute Gasteiger partial charge is 0.377 e. The van der Waals surface area contributed by atoms with Crippen LogP contribution in [0.1, 0.15) is 44.7 Å². The molecular formula is C18H32IN3O. The minimum absolute atomic E-state index is 0. The third-order valence-corrected chi connectivity index (χ3v) is 3.50. The van der Waals surface area contributed by atoms with E-state index in [0.717, 1.165) is 31.6 Å². The third kappa shape index (κ3) is 9.81. The minimum Gasteiger partial charge on any atom is -0.377 e. The van der Waals surface area contributed by atoms with Crippen LogP contribution in [0.3, 0.4) is 0 Å². The van der Waals surface area contributed by atoms with Gasteiger partial charge < -0.3 is 15.4 Å². The first-order chi connectivity index (χ1) is 10.7. The van der Waals surface area contributed by atoms with E-state index in [9.17, 15) is 0 Å². The lowest BCUT2D eigenvalue weighted by Crippen LogP contribution is -2.37. The highest BCUT2D eigenvalue weighted by Crippen LogP contribution is 2.10. The fourth-order valence-corrected chi connectivity index (χ4v) is 2.20. The number of benzene rings is 1. The van der Waals surface area contributed by atoms with Gasteiger partial charge in [0, 0.05) is 26.7 Å². The van der Waals surface area contributed by atoms with E-state index in [-0.39, 0.29) is 24.0 Å². The Bertz CT molecular complexity index is 450. The molecule has 2 N–H and O–H groups in total. The van der Waals surface area contributed by atoms with Crippen molar-refractivity contribution in [1.82, 2.24) is 10.6 Å². The van der Waals surface area contributed by atoms with Gasteiger partial charge in [-0.15, -0.1) is 24.0 Å². The number of rotatable bonds is 9. The van der Waals surface area contributed by atoms with Crippen LogP contribution in [0.25, 0.3) is 0 Å². The molecule has 4 nitrogen and oxygen atoms in total. The summed E-state index contributed by atoms with van der Waals surface area (Å²) < 4.78 is 5.52. The second kappa shape index (κ2) is 13.6. The van der Waals surface area contributed by atoms with E-state index in [2.05, 4.69) is 53.7 Å². The maximum absolute atomic E-state index is 5.52. The van der Waals surface area contributed by atoms with E-state index in [1.165, 1.54) is 24.0 Å². The van der Waals surface area contributed by atoms with Gasteiger partial charge in [-0.1, -0.05) is 38.1 Å². The van der Waals surface area contributed by atoms with E-state index < -0.39 is 0 Å². The molecule has 0 aliphatic carbocycles. The molecule has 1 aromatic carbocycles. The van der Waals surface area contributed by atoms with Crippen LogP contribution >= 0.6 is 24.0 Å². The first kappa shape index (κ1) is 22.2. The molecular weight excluding hydrogens is 401 g/mol. The summed E-state index contributed by atoms with van der Waals surface area (Å²) in [6, 6.07) is 8.36. The van der Waals surface area contributed by atoms with Gasteiger partial charge in [-0.2, -0.15) is 0 Å². The zero-order valence-electron chi connectivity index (χ0n) is 14.9. The lowest BCUT2D eigenvalue weighted by atomic mass is 10.1. The van der Waals surface area contributed by atoms with Crippen molar-refractivity contribution in [1.29, 1.82) is 0 Å². The fourth-order valence-electron chi connectivity index (χ4n) is 2.20. The Hall–Kier alpha value is -0.820. The Morgan fingerprint density at radius 2 is 1.87 bits per heavy atom. The second-order valence-corrected chi connectivity index (χ2v) is 5.79. The van der Waals surface area contributed by atoms with Gasteiger partial charge in [0.1, 0.15) is 0 Å². The molecule has 5 heteroatoms. The van der Waals surface area contributed by atoms with Crippen molar-refractivity contribution in [2.45, 2.75) is 46.8 Å². The molecule has 0 aromatic heterocycles. The number of nitrogens with one attached hydrogen (secondary N) is 2. The lowest BCUT2D eigenvalue weighted by Gasteiger charge is -2.14. The van der Waals surface area contributed by atoms with Crippen molar-refractivity contribution >= 4 is 29.9 Å². The van der Waals surface area contributed by atoms with Gasteiger partial charge in [-0.3, -0.25) is 4.99 Å². The first-order valence-corrected chi connectivity index (χ1v) is 8.26. The monoisotopic (exact) mass is 433 g/mol. The molecule has 23 heavy (non-hydrogen) atoms. The average Bonchev–Trinajstić information content (AvgIpc) is 2.52. The highest BCUT2D eigenvalue weighted by Gasteiger charge is 2.03. The lowest BCUT2D eigenvalue weighted by molar-refractivity contribution is 0.133. The van der Waals surface area contributed by atoms with Crippen molar-refractivity contribution in [3.05, 3.63) is 35.4 Å². The number of hydrogen-bond acceptors (Lipinski definition) is 2. The molecule has 0 amide bonds. The molecule has 0 saturated carbocycles. The smallest absolute Gasteiger partial charge is 0.191 e. The van der Waals surface area contributed by atoms with Crippen molar-refractivity contribution in [3.8, 4) is 0 Å². The van der Waals surface area contributed by atoms with Gasteiger partial charge in [0.05, 0.1) is 6.61 Å². The average molecular weight is 433 g/mol. The highest BCUT2D eigenvalue weighted by molar-refractivity contribution is 14.0. The van der Waals surface area contributed by atoms with Crippen LogP contribution in [-0.2, 0) is 17.9 Å². The molecule has 1 rings (SSSR count). The van der Waals surface area contributed by atoms with E-state index in [0.29, 0.717) is 6.61 Å². The Balaban J connectivity index is 0.00000484. The number of ether oxygens (including phenoxy) is 1. The van der Waals surface area contributed by atoms with Gasteiger partial charge in [-0.25, -0.2) is 0 Å². The fraction of sp³-hybridized carbons (Fsp3) is 0.611. The quantitative estimate of drug-likeness (QED) is 0.268. The zero-order valence-corrected chi connectivity index (χ0v) is 17.2. The normalized spacial score (nSPS) is 11.3. The summed E-state index contributed by atoms with van der Waals surface area (Å²) in [6.45, 7) is 9.63. The standard InChI is InChI=1S/C18H31N3O.HI/c1-5-22-14-17-11-7-6-10-16(17)13-21-18(19-4)20-12-8-9-15(2)3;/h6-7,10-11,15H,5,8-9,12-14H2,1-4H3,(H2,19,20,21);1H. The van der Waals surface area contributed by atoms with Crippen LogP contribution in [0.2, 0.25) is 0 Å². The van der Waals surface area contributed by atoms with Crippen LogP contribution in [0.4, 0.5) is 0 Å². The Morgan fingerprint density at radius 1 is 1.17 bits per heavy atom. The molecule has 0 aliphatic heterocycles. The topological polar surface area (TPSA) is 45.6 Å². The molecule has 0 atom stereocenters. The molecule has 0 spiro atoms. The van der Waals surface area contributed by atoms with E-state index in [4.69, 9.17) is 4.74 Å². The summed E-state index contributed by atoms with van der Waals surface area (Å²) in [5, 5.41) is 6.74. The van der Waals surface area contributed by atoms with Crippen LogP contribution in [-0.4, -0.2) is 26.2 Å². The van der Waals surface area contributed by atoms with E-state index in [1.54, 1.807) is 0 Å². The molecule has 132 valence electrons. The van der Waals surface area contributed by atoms with E-state index >= 15 is 0 Å². The van der Waals surface area contributed by atoms with E-state index in [1.807, 2.05) is 14.0 Å². The molecule has 0 saturated heterocycles. The Kier molecular flexibility index (Phi) is 13.1. The number of hydrogen-bond donors (Lipinski definition) is 2. The first-order valence-electron chi connectivity index (χ1n) is 8.26. The summed E-state index contributed by atoms with van der Waals surface area (Å²) in [4.78, 5) is 4.27. The number of nitrogens with zero attached hydrogens (tertiary/aromatic N) is 1. The molecule has 0 unspecified atom stereocenters. The second-order valence-electron chi connectivity index (χ2n) is 5.79. The molecule has 0 heterocycles. The predicted molar refractivity (Wildman–Crippen MR) is 109 cm³/mol. The van der Waals surface area contributed by atoms with Crippen LogP contribution in [0.5, 0.6) is 0 Å². The van der Waals surface area contributed by atoms with Gasteiger partial charge in [-0.05, 0) is 36.8 Å². The van der Waals surface area contributed by atoms with Crippen molar-refractivity contribution in [2.24, 2.45) is 10.9 Å². The predicted octanol–water partition coefficient (Wildman–Crippen LogP) is 3.94. The van der Waals surface area contributed by atoms with Crippen molar-refractivity contribution < 1.29 is 4.74 Å². The Morgan fingerprint density at radius 3 is 2.48 bits per heavy atom. The maximum atomic E-state index is 5.52. The summed E-state index contributed by atoms with van der Waals surface area (Å²) in [5.41, 5.74) is 2.48. The molecule has 1 aromatic rings. The summed E-state index contributed by atoms with van der Waals surface area (Å²) in [6.07, 6.45) is 2.40. The zero-order chi connectivity index (χ0) is 16.2. The van der Waals surface area contributed by atoms with Crippen LogP contribution in [0, 0.1) is 5.92 Å². The van der Waals surface area contributed by atoms with Gasteiger partial charge in [0.25, 0.3) is 0 Å². The molecule has 0 bridgehead atoms. The van der Waals surface area contributed by atoms with Gasteiger partial charge in [0.15, 0.2) is 5.96 Å². The molecule has 0 aliphatic rings. The third-order valence-electron chi connectivity index (χ3n) is 3.50. The van der Waals surface area contributed by atoms with Gasteiger partial charge in [0.2, 0.25) is 0 Å². The molecule has 0 radical (unpaired) electrons. The summed E-state index contributed by atoms with van der Waals surface area (Å²) in [7, 11) is 1.81. The highest BCUT2D eigenvalue weighted by atomic mass is 127. The summed E-state index contributed by atoms with van der Waals surface area (Å²) in [5.74, 6) is 1.61. The SMILES string of the molecule is CCOCc1ccccc1CNC(=NC)NCCCC(C)C.I. The molecule has 0 fully saturated rings. The minimum atomic E-state index is 0. The van der Waals surface area contributed by atoms with Crippen molar-refractivity contribution in [2.75, 3.05) is 20.2 Å². The number of aliphatic imine (C=N–C) groups is 1. The maximum Gasteiger partial charge on any atom is 0.191 e. The van der Waals surface area contributed by atoms with Gasteiger partial charge >= 0.3 is 0 Å². The Labute approximate surface area is 158 Å².